The molecule has 0 aliphatic heterocycles. The molecule has 0 bridgehead atoms. The normalized spacial score (nSPS) is 10.7. The second-order valence-corrected chi connectivity index (χ2v) is 7.67. The van der Waals surface area contributed by atoms with Crippen molar-refractivity contribution < 1.29 is 9.53 Å². The van der Waals surface area contributed by atoms with Crippen LogP contribution in [0.1, 0.15) is 32.6 Å². The van der Waals surface area contributed by atoms with Crippen LogP contribution in [-0.2, 0) is 9.53 Å². The van der Waals surface area contributed by atoms with Crippen molar-refractivity contribution in [2.75, 3.05) is 12.4 Å². The Balaban J connectivity index is 1.64. The van der Waals surface area contributed by atoms with E-state index in [1.54, 1.807) is 11.8 Å². The molecule has 0 aliphatic rings. The molecule has 0 amide bonds. The summed E-state index contributed by atoms with van der Waals surface area (Å²) in [5.41, 5.74) is 4.19. The first-order chi connectivity index (χ1) is 14.3. The van der Waals surface area contributed by atoms with Crippen LogP contribution in [0.15, 0.2) is 72.0 Å². The molecule has 4 nitrogen and oxygen atoms in total. The fourth-order valence-electron chi connectivity index (χ4n) is 3.03. The van der Waals surface area contributed by atoms with Gasteiger partial charge in [0.1, 0.15) is 0 Å². The molecule has 0 aliphatic carbocycles. The lowest BCUT2D eigenvalue weighted by atomic mass is 10.0. The SMILES string of the molecule is CCOC(=O)CCCCCSc1ncc(-c2ccccc2)c(-c2ccccc2)n1. The van der Waals surface area contributed by atoms with Crippen molar-refractivity contribution in [2.24, 2.45) is 0 Å². The van der Waals surface area contributed by atoms with Gasteiger partial charge in [-0.05, 0) is 25.3 Å². The molecule has 2 aromatic carbocycles. The highest BCUT2D eigenvalue weighted by molar-refractivity contribution is 7.99. The van der Waals surface area contributed by atoms with Gasteiger partial charge in [0, 0.05) is 29.5 Å². The fraction of sp³-hybridized carbons (Fsp3) is 0.292. The molecule has 0 saturated carbocycles. The van der Waals surface area contributed by atoms with Gasteiger partial charge in [0.25, 0.3) is 0 Å². The number of rotatable bonds is 10. The van der Waals surface area contributed by atoms with Crippen LogP contribution in [0.4, 0.5) is 0 Å². The molecule has 0 fully saturated rings. The average Bonchev–Trinajstić information content (AvgIpc) is 2.77. The van der Waals surface area contributed by atoms with Gasteiger partial charge in [0.05, 0.1) is 12.3 Å². The zero-order valence-corrected chi connectivity index (χ0v) is 17.5. The molecular formula is C24H26N2O2S. The van der Waals surface area contributed by atoms with Crippen LogP contribution in [0.3, 0.4) is 0 Å². The Kier molecular flexibility index (Phi) is 8.25. The van der Waals surface area contributed by atoms with E-state index in [-0.39, 0.29) is 5.97 Å². The molecule has 0 saturated heterocycles. The Morgan fingerprint density at radius 2 is 1.62 bits per heavy atom. The minimum Gasteiger partial charge on any atom is -0.466 e. The van der Waals surface area contributed by atoms with Crippen molar-refractivity contribution in [1.29, 1.82) is 0 Å². The molecule has 0 N–H and O–H groups in total. The number of unbranched alkanes of at least 4 members (excludes halogenated alkanes) is 2. The highest BCUT2D eigenvalue weighted by Gasteiger charge is 2.11. The van der Waals surface area contributed by atoms with Crippen molar-refractivity contribution in [1.82, 2.24) is 9.97 Å². The predicted molar refractivity (Wildman–Crippen MR) is 119 cm³/mol. The second-order valence-electron chi connectivity index (χ2n) is 6.61. The Morgan fingerprint density at radius 3 is 2.31 bits per heavy atom. The summed E-state index contributed by atoms with van der Waals surface area (Å²) in [7, 11) is 0. The van der Waals surface area contributed by atoms with Gasteiger partial charge in [-0.1, -0.05) is 78.8 Å². The number of thioether (sulfide) groups is 1. The summed E-state index contributed by atoms with van der Waals surface area (Å²) in [5.74, 6) is 0.828. The second kappa shape index (κ2) is 11.4. The van der Waals surface area contributed by atoms with Crippen molar-refractivity contribution in [3.8, 4) is 22.4 Å². The van der Waals surface area contributed by atoms with E-state index in [0.717, 1.165) is 52.6 Å². The van der Waals surface area contributed by atoms with E-state index < -0.39 is 0 Å². The van der Waals surface area contributed by atoms with Crippen LogP contribution >= 0.6 is 11.8 Å². The molecule has 0 atom stereocenters. The topological polar surface area (TPSA) is 52.1 Å². The summed E-state index contributed by atoms with van der Waals surface area (Å²) < 4.78 is 4.96. The van der Waals surface area contributed by atoms with Crippen LogP contribution in [0, 0.1) is 0 Å². The van der Waals surface area contributed by atoms with Crippen LogP contribution in [0.25, 0.3) is 22.4 Å². The molecular weight excluding hydrogens is 380 g/mol. The summed E-state index contributed by atoms with van der Waals surface area (Å²) in [4.78, 5) is 20.8. The van der Waals surface area contributed by atoms with Gasteiger partial charge in [-0.15, -0.1) is 0 Å². The summed E-state index contributed by atoms with van der Waals surface area (Å²) in [6, 6.07) is 20.5. The predicted octanol–water partition coefficient (Wildman–Crippen LogP) is 6.03. The van der Waals surface area contributed by atoms with Gasteiger partial charge < -0.3 is 4.74 Å². The molecule has 1 heterocycles. The number of carbonyl (C=O) groups excluding carboxylic acids is 1. The van der Waals surface area contributed by atoms with Crippen LogP contribution < -0.4 is 0 Å². The van der Waals surface area contributed by atoms with E-state index in [1.165, 1.54) is 0 Å². The standard InChI is InChI=1S/C24H26N2O2S/c1-2-28-22(27)16-10-5-11-17-29-24-25-18-21(19-12-6-3-7-13-19)23(26-24)20-14-8-4-9-15-20/h3-4,6-9,12-15,18H,2,5,10-11,16-17H2,1H3. The van der Waals surface area contributed by atoms with E-state index in [0.29, 0.717) is 13.0 Å². The first kappa shape index (κ1) is 21.1. The molecule has 150 valence electrons. The summed E-state index contributed by atoms with van der Waals surface area (Å²) >= 11 is 1.66. The van der Waals surface area contributed by atoms with Crippen molar-refractivity contribution in [2.45, 2.75) is 37.8 Å². The number of hydrogen-bond acceptors (Lipinski definition) is 5. The third-order valence-corrected chi connectivity index (χ3v) is 5.41. The van der Waals surface area contributed by atoms with Gasteiger partial charge in [-0.25, -0.2) is 9.97 Å². The van der Waals surface area contributed by atoms with Gasteiger partial charge in [0.15, 0.2) is 5.16 Å². The number of benzene rings is 2. The molecule has 29 heavy (non-hydrogen) atoms. The molecule has 3 aromatic rings. The Hall–Kier alpha value is -2.66. The molecule has 0 unspecified atom stereocenters. The highest BCUT2D eigenvalue weighted by atomic mass is 32.2. The smallest absolute Gasteiger partial charge is 0.305 e. The zero-order valence-electron chi connectivity index (χ0n) is 16.7. The lowest BCUT2D eigenvalue weighted by molar-refractivity contribution is -0.143. The maximum absolute atomic E-state index is 11.4. The number of aromatic nitrogens is 2. The van der Waals surface area contributed by atoms with Crippen molar-refractivity contribution in [3.05, 3.63) is 66.9 Å². The van der Waals surface area contributed by atoms with Gasteiger partial charge in [-0.3, -0.25) is 4.79 Å². The summed E-state index contributed by atoms with van der Waals surface area (Å²) in [6.45, 7) is 2.29. The van der Waals surface area contributed by atoms with E-state index in [1.807, 2.05) is 49.5 Å². The van der Waals surface area contributed by atoms with E-state index >= 15 is 0 Å². The van der Waals surface area contributed by atoms with Crippen molar-refractivity contribution >= 4 is 17.7 Å². The Morgan fingerprint density at radius 1 is 0.931 bits per heavy atom. The maximum Gasteiger partial charge on any atom is 0.305 e. The zero-order chi connectivity index (χ0) is 20.3. The van der Waals surface area contributed by atoms with Gasteiger partial charge in [0.2, 0.25) is 0 Å². The Labute approximate surface area is 176 Å². The number of hydrogen-bond donors (Lipinski definition) is 0. The third kappa shape index (κ3) is 6.43. The van der Waals surface area contributed by atoms with Crippen LogP contribution in [-0.4, -0.2) is 28.3 Å². The molecule has 1 aromatic heterocycles. The molecule has 5 heteroatoms. The first-order valence-corrected chi connectivity index (χ1v) is 11.0. The number of ether oxygens (including phenoxy) is 1. The fourth-order valence-corrected chi connectivity index (χ4v) is 3.84. The molecule has 0 radical (unpaired) electrons. The minimum atomic E-state index is -0.104. The summed E-state index contributed by atoms with van der Waals surface area (Å²) in [6.07, 6.45) is 5.31. The average molecular weight is 407 g/mol. The number of carbonyl (C=O) groups is 1. The lowest BCUT2D eigenvalue weighted by Crippen LogP contribution is -2.03. The lowest BCUT2D eigenvalue weighted by Gasteiger charge is -2.11. The van der Waals surface area contributed by atoms with Gasteiger partial charge in [-0.2, -0.15) is 0 Å². The van der Waals surface area contributed by atoms with Crippen molar-refractivity contribution in [3.63, 3.8) is 0 Å². The van der Waals surface area contributed by atoms with E-state index in [9.17, 15) is 4.79 Å². The number of esters is 1. The van der Waals surface area contributed by atoms with Gasteiger partial charge >= 0.3 is 5.97 Å². The monoisotopic (exact) mass is 406 g/mol. The third-order valence-electron chi connectivity index (χ3n) is 4.46. The summed E-state index contributed by atoms with van der Waals surface area (Å²) in [5, 5.41) is 0.786. The van der Waals surface area contributed by atoms with E-state index in [4.69, 9.17) is 9.72 Å². The first-order valence-electron chi connectivity index (χ1n) is 10.0. The van der Waals surface area contributed by atoms with Crippen LogP contribution in [0.2, 0.25) is 0 Å². The highest BCUT2D eigenvalue weighted by Crippen LogP contribution is 2.31. The Bertz CT molecular complexity index is 901. The molecule has 0 spiro atoms. The van der Waals surface area contributed by atoms with E-state index in [2.05, 4.69) is 29.2 Å². The quantitative estimate of drug-likeness (QED) is 0.178. The molecule has 3 rings (SSSR count). The minimum absolute atomic E-state index is 0.104. The largest absolute Gasteiger partial charge is 0.466 e. The van der Waals surface area contributed by atoms with Crippen LogP contribution in [0.5, 0.6) is 0 Å². The number of nitrogens with zero attached hydrogens (tertiary/aromatic N) is 2. The maximum atomic E-state index is 11.4.